The third-order valence-electron chi connectivity index (χ3n) is 3.56. The second-order valence-corrected chi connectivity index (χ2v) is 5.23. The maximum Gasteiger partial charge on any atom is 0.0995 e. The maximum atomic E-state index is 6.15. The molecule has 0 aromatic carbocycles. The Morgan fingerprint density at radius 2 is 2.25 bits per heavy atom. The predicted octanol–water partition coefficient (Wildman–Crippen LogP) is 2.50. The Balaban J connectivity index is 2.60. The highest BCUT2D eigenvalue weighted by molar-refractivity contribution is 5.35. The van der Waals surface area contributed by atoms with Gasteiger partial charge in [0.15, 0.2) is 0 Å². The molecule has 1 unspecified atom stereocenters. The van der Waals surface area contributed by atoms with Crippen LogP contribution in [-0.2, 0) is 12.0 Å². The molecule has 0 amide bonds. The van der Waals surface area contributed by atoms with Crippen molar-refractivity contribution in [3.8, 4) is 12.3 Å². The van der Waals surface area contributed by atoms with Crippen LogP contribution in [0.5, 0.6) is 0 Å². The zero-order valence-electron chi connectivity index (χ0n) is 10.4. The molecule has 0 bridgehead atoms. The van der Waals surface area contributed by atoms with Crippen LogP contribution in [0.3, 0.4) is 0 Å². The van der Waals surface area contributed by atoms with E-state index in [-0.39, 0.29) is 11.6 Å². The molecule has 0 fully saturated rings. The van der Waals surface area contributed by atoms with Crippen molar-refractivity contribution in [3.05, 3.63) is 23.0 Å². The largest absolute Gasteiger partial charge is 0.332 e. The number of aryl methyl sites for hydroxylation is 1. The number of nitrogens with two attached hydrogens (primary N) is 1. The van der Waals surface area contributed by atoms with Crippen molar-refractivity contribution in [3.63, 3.8) is 0 Å². The lowest BCUT2D eigenvalue weighted by atomic mass is 9.93. The lowest BCUT2D eigenvalue weighted by molar-refractivity contribution is 0.433. The van der Waals surface area contributed by atoms with Gasteiger partial charge in [-0.2, -0.15) is 0 Å². The number of fused-ring (bicyclic) bond motifs is 1. The fourth-order valence-corrected chi connectivity index (χ4v) is 2.78. The maximum absolute atomic E-state index is 6.15. The lowest BCUT2D eigenvalue weighted by Gasteiger charge is -2.28. The predicted molar refractivity (Wildman–Crippen MR) is 67.2 cm³/mol. The van der Waals surface area contributed by atoms with Crippen LogP contribution < -0.4 is 5.73 Å². The molecular formula is C14H20N2. The summed E-state index contributed by atoms with van der Waals surface area (Å²) in [6, 6.07) is 2.40. The van der Waals surface area contributed by atoms with E-state index < -0.39 is 0 Å². The van der Waals surface area contributed by atoms with Gasteiger partial charge in [0.05, 0.1) is 5.54 Å². The fraction of sp³-hybridized carbons (Fsp3) is 0.571. The first-order valence-electron chi connectivity index (χ1n) is 5.92. The average molecular weight is 216 g/mol. The number of hydrogen-bond donors (Lipinski definition) is 1. The highest BCUT2D eigenvalue weighted by atomic mass is 15.1. The number of terminal acetylenes is 1. The van der Waals surface area contributed by atoms with E-state index in [0.29, 0.717) is 0 Å². The van der Waals surface area contributed by atoms with Gasteiger partial charge in [-0.05, 0) is 51.7 Å². The molecule has 0 spiro atoms. The molecule has 0 radical (unpaired) electrons. The average Bonchev–Trinajstić information content (AvgIpc) is 2.57. The molecule has 2 rings (SSSR count). The smallest absolute Gasteiger partial charge is 0.0995 e. The Hall–Kier alpha value is -1.20. The van der Waals surface area contributed by atoms with Gasteiger partial charge in [0.1, 0.15) is 0 Å². The van der Waals surface area contributed by atoms with Crippen LogP contribution in [0.15, 0.2) is 6.07 Å². The minimum absolute atomic E-state index is 0.192. The van der Waals surface area contributed by atoms with E-state index in [1.54, 1.807) is 0 Å². The van der Waals surface area contributed by atoms with Crippen molar-refractivity contribution in [2.75, 3.05) is 0 Å². The Bertz CT molecular complexity index is 446. The molecule has 1 atom stereocenters. The summed E-state index contributed by atoms with van der Waals surface area (Å²) in [4.78, 5) is 0. The van der Waals surface area contributed by atoms with E-state index in [4.69, 9.17) is 12.2 Å². The minimum Gasteiger partial charge on any atom is -0.332 e. The molecule has 1 aromatic heterocycles. The Kier molecular flexibility index (Phi) is 2.59. The highest BCUT2D eigenvalue weighted by Gasteiger charge is 2.28. The number of nitrogens with zero attached hydrogens (tertiary/aromatic N) is 1. The van der Waals surface area contributed by atoms with E-state index in [1.165, 1.54) is 17.0 Å². The van der Waals surface area contributed by atoms with Crippen LogP contribution in [-0.4, -0.2) is 4.57 Å². The Morgan fingerprint density at radius 3 is 2.88 bits per heavy atom. The van der Waals surface area contributed by atoms with Gasteiger partial charge in [0.25, 0.3) is 0 Å². The van der Waals surface area contributed by atoms with Crippen molar-refractivity contribution in [1.82, 2.24) is 4.57 Å². The minimum atomic E-state index is -0.255. The summed E-state index contributed by atoms with van der Waals surface area (Å²) in [6.07, 6.45) is 8.99. The number of hydrogen-bond acceptors (Lipinski definition) is 1. The Morgan fingerprint density at radius 1 is 1.56 bits per heavy atom. The van der Waals surface area contributed by atoms with Gasteiger partial charge in [0, 0.05) is 17.4 Å². The molecule has 1 heterocycles. The van der Waals surface area contributed by atoms with Crippen molar-refractivity contribution in [2.45, 2.75) is 51.6 Å². The molecule has 0 aliphatic heterocycles. The topological polar surface area (TPSA) is 30.9 Å². The van der Waals surface area contributed by atoms with E-state index in [9.17, 15) is 0 Å². The number of aromatic nitrogens is 1. The van der Waals surface area contributed by atoms with Crippen molar-refractivity contribution < 1.29 is 0 Å². The second kappa shape index (κ2) is 3.68. The summed E-state index contributed by atoms with van der Waals surface area (Å²) >= 11 is 0. The van der Waals surface area contributed by atoms with E-state index in [1.807, 2.05) is 0 Å². The number of rotatable bonds is 1. The summed E-state index contributed by atoms with van der Waals surface area (Å²) < 4.78 is 2.28. The molecular weight excluding hydrogens is 196 g/mol. The van der Waals surface area contributed by atoms with Gasteiger partial charge >= 0.3 is 0 Å². The van der Waals surface area contributed by atoms with Crippen LogP contribution in [0.4, 0.5) is 0 Å². The molecule has 1 aliphatic carbocycles. The van der Waals surface area contributed by atoms with E-state index in [2.05, 4.69) is 37.3 Å². The molecule has 0 saturated carbocycles. The fourth-order valence-electron chi connectivity index (χ4n) is 2.78. The first-order chi connectivity index (χ1) is 7.47. The first-order valence-corrected chi connectivity index (χ1v) is 5.92. The van der Waals surface area contributed by atoms with E-state index in [0.717, 1.165) is 19.3 Å². The van der Waals surface area contributed by atoms with Gasteiger partial charge in [-0.25, -0.2) is 0 Å². The summed E-state index contributed by atoms with van der Waals surface area (Å²) in [7, 11) is 0. The van der Waals surface area contributed by atoms with Crippen LogP contribution >= 0.6 is 0 Å². The summed E-state index contributed by atoms with van der Waals surface area (Å²) in [5.41, 5.74) is 9.76. The van der Waals surface area contributed by atoms with Crippen molar-refractivity contribution in [1.29, 1.82) is 0 Å². The Labute approximate surface area is 97.8 Å². The van der Waals surface area contributed by atoms with Crippen LogP contribution in [0.2, 0.25) is 0 Å². The first kappa shape index (κ1) is 11.3. The highest BCUT2D eigenvalue weighted by Crippen LogP contribution is 2.34. The van der Waals surface area contributed by atoms with Crippen LogP contribution in [0.25, 0.3) is 0 Å². The van der Waals surface area contributed by atoms with Crippen molar-refractivity contribution in [2.24, 2.45) is 5.73 Å². The zero-order valence-corrected chi connectivity index (χ0v) is 10.4. The quantitative estimate of drug-likeness (QED) is 0.718. The molecule has 86 valence electrons. The van der Waals surface area contributed by atoms with Gasteiger partial charge in [-0.3, -0.25) is 0 Å². The summed E-state index contributed by atoms with van der Waals surface area (Å²) in [5, 5.41) is 0. The molecule has 16 heavy (non-hydrogen) atoms. The van der Waals surface area contributed by atoms with Crippen LogP contribution in [0.1, 0.15) is 49.7 Å². The molecule has 1 aliphatic rings. The van der Waals surface area contributed by atoms with Gasteiger partial charge in [-0.1, -0.05) is 5.92 Å². The summed E-state index contributed by atoms with van der Waals surface area (Å²) in [5.74, 6) is 2.87. The van der Waals surface area contributed by atoms with Crippen LogP contribution in [0, 0.1) is 19.3 Å². The van der Waals surface area contributed by atoms with Gasteiger partial charge in [0.2, 0.25) is 0 Å². The monoisotopic (exact) mass is 216 g/mol. The van der Waals surface area contributed by atoms with Gasteiger partial charge in [-0.15, -0.1) is 6.42 Å². The van der Waals surface area contributed by atoms with Crippen molar-refractivity contribution >= 4 is 0 Å². The normalized spacial score (nSPS) is 20.3. The standard InChI is InChI=1S/C14H20N2/c1-5-14(3,4)16-10(2)9-11-12(15)7-6-8-13(11)16/h1,9,12H,6-8,15H2,2-4H3. The molecule has 0 saturated heterocycles. The molecule has 2 heteroatoms. The SMILES string of the molecule is C#CC(C)(C)n1c(C)cc2c1CCCC2N. The molecule has 1 aromatic rings. The van der Waals surface area contributed by atoms with Gasteiger partial charge < -0.3 is 10.3 Å². The summed E-state index contributed by atoms with van der Waals surface area (Å²) in [6.45, 7) is 6.28. The second-order valence-electron chi connectivity index (χ2n) is 5.23. The zero-order chi connectivity index (χ0) is 11.9. The van der Waals surface area contributed by atoms with E-state index >= 15 is 0 Å². The molecule has 2 nitrogen and oxygen atoms in total. The lowest BCUT2D eigenvalue weighted by Crippen LogP contribution is -2.29. The molecule has 2 N–H and O–H groups in total. The third kappa shape index (κ3) is 1.56. The third-order valence-corrected chi connectivity index (χ3v) is 3.56.